The Labute approximate surface area is 185 Å². The molecule has 0 amide bonds. The van der Waals surface area contributed by atoms with Crippen molar-refractivity contribution in [3.8, 4) is 0 Å². The molecule has 3 aliphatic carbocycles. The topological polar surface area (TPSA) is 60.8 Å². The van der Waals surface area contributed by atoms with Crippen LogP contribution >= 0.6 is 0 Å². The van der Waals surface area contributed by atoms with Crippen molar-refractivity contribution in [1.82, 2.24) is 4.90 Å². The third-order valence-electron chi connectivity index (χ3n) is 10.9. The van der Waals surface area contributed by atoms with Gasteiger partial charge >= 0.3 is 0 Å². The summed E-state index contributed by atoms with van der Waals surface area (Å²) in [6.07, 6.45) is 7.02. The summed E-state index contributed by atoms with van der Waals surface area (Å²) in [6.45, 7) is 5.73. The third-order valence-corrected chi connectivity index (χ3v) is 10.9. The van der Waals surface area contributed by atoms with E-state index in [1.54, 1.807) is 0 Å². The van der Waals surface area contributed by atoms with Gasteiger partial charge in [0.2, 0.25) is 0 Å². The molecule has 2 bridgehead atoms. The Hall–Kier alpha value is -1.23. The Bertz CT molecular complexity index is 989. The number of aliphatic hydroxyl groups excluding tert-OH is 1. The van der Waals surface area contributed by atoms with Gasteiger partial charge < -0.3 is 10.2 Å². The second kappa shape index (κ2) is 6.01. The largest absolute Gasteiger partial charge is 0.393 e. The lowest BCUT2D eigenvalue weighted by molar-refractivity contribution is -0.141. The molecular weight excluding hydrogens is 386 g/mol. The van der Waals surface area contributed by atoms with Gasteiger partial charge in [-0.2, -0.15) is 0 Å². The number of rotatable bonds is 0. The fourth-order valence-electron chi connectivity index (χ4n) is 9.39. The number of Topliss-reactive ketones (excluding diaryl/α,β-unsaturated/α-hetero) is 1. The summed E-state index contributed by atoms with van der Waals surface area (Å²) >= 11 is 0. The fourth-order valence-corrected chi connectivity index (χ4v) is 9.39. The van der Waals surface area contributed by atoms with E-state index in [0.717, 1.165) is 32.2 Å². The zero-order valence-corrected chi connectivity index (χ0v) is 18.8. The molecule has 0 spiro atoms. The second-order valence-corrected chi connectivity index (χ2v) is 12.1. The number of carbonyl (C=O) groups is 1. The molecule has 2 saturated carbocycles. The van der Waals surface area contributed by atoms with E-state index in [2.05, 4.69) is 30.9 Å². The summed E-state index contributed by atoms with van der Waals surface area (Å²) in [5.41, 5.74) is 4.51. The van der Waals surface area contributed by atoms with Crippen LogP contribution in [0.2, 0.25) is 0 Å². The van der Waals surface area contributed by atoms with Crippen LogP contribution in [0.25, 0.3) is 0 Å². The molecule has 166 valence electrons. The van der Waals surface area contributed by atoms with Gasteiger partial charge in [-0.25, -0.2) is 0 Å². The second-order valence-electron chi connectivity index (χ2n) is 12.1. The van der Waals surface area contributed by atoms with Gasteiger partial charge in [-0.1, -0.05) is 26.0 Å². The molecule has 1 aromatic rings. The SMILES string of the molecule is C[C@@H]1c2ccc3c(c2C2(O)C[C@H]4CCC1N2C4)CC1[C@H]3CC(=O)C2C[C@@H](O)CC[C@@]21C. The lowest BCUT2D eigenvalue weighted by Crippen LogP contribution is -2.54. The molecule has 4 nitrogen and oxygen atoms in total. The predicted molar refractivity (Wildman–Crippen MR) is 118 cm³/mol. The molecule has 7 rings (SSSR count). The minimum Gasteiger partial charge on any atom is -0.393 e. The van der Waals surface area contributed by atoms with E-state index in [4.69, 9.17) is 0 Å². The first-order chi connectivity index (χ1) is 14.8. The van der Waals surface area contributed by atoms with Crippen molar-refractivity contribution in [2.75, 3.05) is 6.54 Å². The van der Waals surface area contributed by atoms with Crippen LogP contribution in [0.5, 0.6) is 0 Å². The average molecular weight is 422 g/mol. The molecule has 4 heteroatoms. The number of nitrogens with zero attached hydrogens (tertiary/aromatic N) is 1. The van der Waals surface area contributed by atoms with Gasteiger partial charge in [-0.15, -0.1) is 0 Å². The van der Waals surface area contributed by atoms with Gasteiger partial charge in [-0.3, -0.25) is 9.69 Å². The summed E-state index contributed by atoms with van der Waals surface area (Å²) in [5.74, 6) is 2.18. The van der Waals surface area contributed by atoms with Gasteiger partial charge in [0.05, 0.1) is 6.10 Å². The third kappa shape index (κ3) is 2.25. The average Bonchev–Trinajstić information content (AvgIpc) is 3.25. The molecule has 4 unspecified atom stereocenters. The molecule has 3 heterocycles. The van der Waals surface area contributed by atoms with Gasteiger partial charge in [0, 0.05) is 30.5 Å². The smallest absolute Gasteiger partial charge is 0.145 e. The number of ketones is 1. The maximum Gasteiger partial charge on any atom is 0.145 e. The van der Waals surface area contributed by atoms with E-state index in [-0.39, 0.29) is 23.4 Å². The highest BCUT2D eigenvalue weighted by atomic mass is 16.3. The van der Waals surface area contributed by atoms with Gasteiger partial charge in [0.15, 0.2) is 0 Å². The zero-order chi connectivity index (χ0) is 21.3. The Balaban J connectivity index is 1.38. The Morgan fingerprint density at radius 2 is 1.94 bits per heavy atom. The van der Waals surface area contributed by atoms with Crippen LogP contribution in [0.1, 0.15) is 92.9 Å². The molecule has 3 aliphatic heterocycles. The van der Waals surface area contributed by atoms with Crippen molar-refractivity contribution in [3.05, 3.63) is 34.4 Å². The summed E-state index contributed by atoms with van der Waals surface area (Å²) in [6, 6.07) is 5.09. The number of hydrogen-bond donors (Lipinski definition) is 2. The molecule has 0 aromatic heterocycles. The maximum atomic E-state index is 13.2. The first-order valence-corrected chi connectivity index (χ1v) is 12.7. The van der Waals surface area contributed by atoms with Crippen LogP contribution < -0.4 is 0 Å². The monoisotopic (exact) mass is 421 g/mol. The molecule has 0 radical (unpaired) electrons. The first-order valence-electron chi connectivity index (χ1n) is 12.7. The molecule has 1 aromatic carbocycles. The summed E-state index contributed by atoms with van der Waals surface area (Å²) in [5, 5.41) is 22.5. The van der Waals surface area contributed by atoms with Gasteiger partial charge in [0.1, 0.15) is 11.5 Å². The van der Waals surface area contributed by atoms with E-state index < -0.39 is 5.72 Å². The number of piperidine rings is 1. The van der Waals surface area contributed by atoms with Crippen molar-refractivity contribution in [3.63, 3.8) is 0 Å². The molecule has 2 saturated heterocycles. The first kappa shape index (κ1) is 19.3. The number of aliphatic hydroxyl groups is 2. The fraction of sp³-hybridized carbons (Fsp3) is 0.741. The zero-order valence-electron chi connectivity index (χ0n) is 18.8. The summed E-state index contributed by atoms with van der Waals surface area (Å²) < 4.78 is 0. The molecule has 6 aliphatic rings. The highest BCUT2D eigenvalue weighted by Gasteiger charge is 2.61. The van der Waals surface area contributed by atoms with Crippen molar-refractivity contribution in [1.29, 1.82) is 0 Å². The van der Waals surface area contributed by atoms with Crippen molar-refractivity contribution in [2.24, 2.45) is 23.2 Å². The van der Waals surface area contributed by atoms with Gasteiger partial charge in [-0.05, 0) is 90.7 Å². The quantitative estimate of drug-likeness (QED) is 0.668. The van der Waals surface area contributed by atoms with E-state index >= 15 is 0 Å². The number of benzene rings is 1. The number of fused-ring (bicyclic) bond motifs is 9. The van der Waals surface area contributed by atoms with Crippen LogP contribution in [-0.4, -0.2) is 39.6 Å². The predicted octanol–water partition coefficient (Wildman–Crippen LogP) is 3.83. The van der Waals surface area contributed by atoms with E-state index in [0.29, 0.717) is 42.4 Å². The van der Waals surface area contributed by atoms with Crippen LogP contribution in [0.4, 0.5) is 0 Å². The van der Waals surface area contributed by atoms with E-state index in [9.17, 15) is 15.0 Å². The molecular formula is C27H35NO3. The maximum absolute atomic E-state index is 13.2. The van der Waals surface area contributed by atoms with E-state index in [1.807, 2.05) is 0 Å². The highest BCUT2D eigenvalue weighted by molar-refractivity contribution is 5.84. The molecule has 2 N–H and O–H groups in total. The van der Waals surface area contributed by atoms with E-state index in [1.165, 1.54) is 35.1 Å². The summed E-state index contributed by atoms with van der Waals surface area (Å²) in [4.78, 5) is 15.7. The number of hydrogen-bond acceptors (Lipinski definition) is 4. The standard InChI is InChI=1S/C27H35NO3/c1-14-17-4-5-18-19-11-24(30)22-9-16(29)7-8-26(22,2)21(19)10-20(18)25(17)27(31)12-15-3-6-23(14)28(27)13-15/h4-5,14-16,19,21-23,29,31H,3,6-13H2,1-2H3/t14-,15-,16+,19+,21?,22?,23?,26-,27?/m1/s1. The molecule has 9 atom stereocenters. The Morgan fingerprint density at radius 3 is 2.77 bits per heavy atom. The lowest BCUT2D eigenvalue weighted by atomic mass is 9.52. The van der Waals surface area contributed by atoms with Gasteiger partial charge in [0.25, 0.3) is 0 Å². The Morgan fingerprint density at radius 1 is 1.13 bits per heavy atom. The molecule has 31 heavy (non-hydrogen) atoms. The van der Waals surface area contributed by atoms with Crippen LogP contribution in [0.15, 0.2) is 12.1 Å². The minimum absolute atomic E-state index is 0.00322. The lowest BCUT2D eigenvalue weighted by Gasteiger charge is -2.52. The van der Waals surface area contributed by atoms with Crippen molar-refractivity contribution < 1.29 is 15.0 Å². The minimum atomic E-state index is -0.806. The highest BCUT2D eigenvalue weighted by Crippen LogP contribution is 2.63. The van der Waals surface area contributed by atoms with Crippen molar-refractivity contribution in [2.45, 2.75) is 94.9 Å². The summed E-state index contributed by atoms with van der Waals surface area (Å²) in [7, 11) is 0. The van der Waals surface area contributed by atoms with Crippen LogP contribution in [-0.2, 0) is 16.9 Å². The molecule has 4 fully saturated rings. The van der Waals surface area contributed by atoms with Crippen LogP contribution in [0, 0.1) is 23.2 Å². The number of carbonyl (C=O) groups excluding carboxylic acids is 1. The Kier molecular flexibility index (Phi) is 3.73. The van der Waals surface area contributed by atoms with Crippen LogP contribution in [0.3, 0.4) is 0 Å². The van der Waals surface area contributed by atoms with Crippen molar-refractivity contribution >= 4 is 5.78 Å². The normalized spacial score (nSPS) is 49.9.